The third kappa shape index (κ3) is 7.61. The van der Waals surface area contributed by atoms with E-state index in [2.05, 4.69) is 4.90 Å². The van der Waals surface area contributed by atoms with Gasteiger partial charge in [-0.2, -0.15) is 0 Å². The highest BCUT2D eigenvalue weighted by molar-refractivity contribution is 5.85. The fourth-order valence-corrected chi connectivity index (χ4v) is 4.29. The maximum Gasteiger partial charge on any atom is 0.239 e. The molecule has 0 bridgehead atoms. The Labute approximate surface area is 176 Å². The maximum absolute atomic E-state index is 12.8. The molecule has 2 fully saturated rings. The van der Waals surface area contributed by atoms with Crippen LogP contribution in [0.5, 0.6) is 0 Å². The SMILES string of the molecule is Cl.Cl.NC(Cc1ccccc1)C(=O)N1CCCC(CN2CCCCCC2)C1. The van der Waals surface area contributed by atoms with E-state index in [0.29, 0.717) is 12.3 Å². The summed E-state index contributed by atoms with van der Waals surface area (Å²) in [6.45, 7) is 5.38. The molecule has 2 unspecified atom stereocenters. The summed E-state index contributed by atoms with van der Waals surface area (Å²) >= 11 is 0. The number of nitrogens with zero attached hydrogens (tertiary/aromatic N) is 2. The molecule has 2 aliphatic rings. The third-order valence-electron chi connectivity index (χ3n) is 5.66. The first kappa shape index (κ1) is 24.2. The summed E-state index contributed by atoms with van der Waals surface area (Å²) in [4.78, 5) is 17.4. The highest BCUT2D eigenvalue weighted by Crippen LogP contribution is 2.20. The van der Waals surface area contributed by atoms with Gasteiger partial charge in [0, 0.05) is 19.6 Å². The van der Waals surface area contributed by atoms with E-state index in [4.69, 9.17) is 5.73 Å². The van der Waals surface area contributed by atoms with Gasteiger partial charge in [-0.3, -0.25) is 4.79 Å². The van der Waals surface area contributed by atoms with Crippen molar-refractivity contribution in [3.63, 3.8) is 0 Å². The van der Waals surface area contributed by atoms with Crippen LogP contribution in [-0.2, 0) is 11.2 Å². The molecule has 1 aromatic carbocycles. The highest BCUT2D eigenvalue weighted by Gasteiger charge is 2.28. The Hall–Kier alpha value is -0.810. The topological polar surface area (TPSA) is 49.6 Å². The van der Waals surface area contributed by atoms with Crippen LogP contribution in [0.25, 0.3) is 0 Å². The molecule has 3 rings (SSSR count). The average molecular weight is 416 g/mol. The molecular weight excluding hydrogens is 381 g/mol. The minimum absolute atomic E-state index is 0. The Morgan fingerprint density at radius 1 is 1.00 bits per heavy atom. The van der Waals surface area contributed by atoms with Crippen LogP contribution in [0.15, 0.2) is 30.3 Å². The van der Waals surface area contributed by atoms with Crippen LogP contribution in [-0.4, -0.2) is 54.5 Å². The summed E-state index contributed by atoms with van der Waals surface area (Å²) < 4.78 is 0. The first-order chi connectivity index (χ1) is 12.2. The molecule has 0 radical (unpaired) electrons. The second kappa shape index (κ2) is 12.6. The van der Waals surface area contributed by atoms with Crippen molar-refractivity contribution < 1.29 is 4.79 Å². The van der Waals surface area contributed by atoms with E-state index < -0.39 is 6.04 Å². The number of rotatable bonds is 5. The van der Waals surface area contributed by atoms with Gasteiger partial charge in [-0.1, -0.05) is 43.2 Å². The van der Waals surface area contributed by atoms with Crippen molar-refractivity contribution in [3.05, 3.63) is 35.9 Å². The van der Waals surface area contributed by atoms with E-state index in [-0.39, 0.29) is 30.7 Å². The normalized spacial score (nSPS) is 22.1. The molecule has 1 amide bonds. The molecule has 2 saturated heterocycles. The number of benzene rings is 1. The summed E-state index contributed by atoms with van der Waals surface area (Å²) in [7, 11) is 0. The first-order valence-corrected chi connectivity index (χ1v) is 10.0. The van der Waals surface area contributed by atoms with Gasteiger partial charge < -0.3 is 15.5 Å². The number of carbonyl (C=O) groups is 1. The smallest absolute Gasteiger partial charge is 0.239 e. The zero-order valence-electron chi connectivity index (χ0n) is 16.2. The molecule has 2 N–H and O–H groups in total. The van der Waals surface area contributed by atoms with Crippen molar-refractivity contribution in [3.8, 4) is 0 Å². The molecule has 6 heteroatoms. The number of likely N-dealkylation sites (tertiary alicyclic amines) is 2. The molecule has 4 nitrogen and oxygen atoms in total. The van der Waals surface area contributed by atoms with Gasteiger partial charge in [-0.15, -0.1) is 24.8 Å². The minimum atomic E-state index is -0.417. The van der Waals surface area contributed by atoms with Crippen molar-refractivity contribution in [2.45, 2.75) is 51.0 Å². The van der Waals surface area contributed by atoms with Gasteiger partial charge in [0.2, 0.25) is 5.91 Å². The molecule has 0 saturated carbocycles. The molecule has 154 valence electrons. The van der Waals surface area contributed by atoms with Gasteiger partial charge in [0.25, 0.3) is 0 Å². The van der Waals surface area contributed by atoms with Crippen molar-refractivity contribution in [2.75, 3.05) is 32.7 Å². The van der Waals surface area contributed by atoms with E-state index in [1.54, 1.807) is 0 Å². The predicted molar refractivity (Wildman–Crippen MR) is 117 cm³/mol. The number of amides is 1. The van der Waals surface area contributed by atoms with E-state index in [1.807, 2.05) is 35.2 Å². The first-order valence-electron chi connectivity index (χ1n) is 10.0. The van der Waals surface area contributed by atoms with Crippen molar-refractivity contribution in [2.24, 2.45) is 11.7 Å². The lowest BCUT2D eigenvalue weighted by atomic mass is 9.96. The summed E-state index contributed by atoms with van der Waals surface area (Å²) in [5.41, 5.74) is 7.37. The summed E-state index contributed by atoms with van der Waals surface area (Å²) in [5, 5.41) is 0. The Morgan fingerprint density at radius 2 is 1.67 bits per heavy atom. The van der Waals surface area contributed by atoms with Crippen molar-refractivity contribution in [1.82, 2.24) is 9.80 Å². The van der Waals surface area contributed by atoms with Crippen LogP contribution in [0.3, 0.4) is 0 Å². The Kier molecular flexibility index (Phi) is 11.3. The Balaban J connectivity index is 0.00000182. The molecule has 0 spiro atoms. The van der Waals surface area contributed by atoms with E-state index in [0.717, 1.165) is 31.6 Å². The van der Waals surface area contributed by atoms with Crippen LogP contribution in [0, 0.1) is 5.92 Å². The number of carbonyl (C=O) groups excluding carboxylic acids is 1. The number of nitrogens with two attached hydrogens (primary N) is 1. The summed E-state index contributed by atoms with van der Waals surface area (Å²) in [6, 6.07) is 9.68. The van der Waals surface area contributed by atoms with Crippen LogP contribution >= 0.6 is 24.8 Å². The lowest BCUT2D eigenvalue weighted by Gasteiger charge is -2.36. The quantitative estimate of drug-likeness (QED) is 0.799. The molecule has 2 aliphatic heterocycles. The molecule has 0 aromatic heterocycles. The van der Waals surface area contributed by atoms with Crippen molar-refractivity contribution >= 4 is 30.7 Å². The Bertz CT molecular complexity index is 535. The molecule has 0 aliphatic carbocycles. The fourth-order valence-electron chi connectivity index (χ4n) is 4.29. The highest BCUT2D eigenvalue weighted by atomic mass is 35.5. The van der Waals surface area contributed by atoms with E-state index in [9.17, 15) is 4.79 Å². The van der Waals surface area contributed by atoms with Crippen LogP contribution < -0.4 is 5.73 Å². The minimum Gasteiger partial charge on any atom is -0.341 e. The zero-order valence-corrected chi connectivity index (χ0v) is 17.9. The Morgan fingerprint density at radius 3 is 2.33 bits per heavy atom. The third-order valence-corrected chi connectivity index (χ3v) is 5.66. The number of hydrogen-bond donors (Lipinski definition) is 1. The number of halogens is 2. The van der Waals surface area contributed by atoms with Gasteiger partial charge in [0.05, 0.1) is 6.04 Å². The van der Waals surface area contributed by atoms with Gasteiger partial charge in [-0.05, 0) is 56.7 Å². The lowest BCUT2D eigenvalue weighted by Crippen LogP contribution is -2.50. The van der Waals surface area contributed by atoms with Crippen molar-refractivity contribution in [1.29, 1.82) is 0 Å². The zero-order chi connectivity index (χ0) is 17.5. The van der Waals surface area contributed by atoms with Gasteiger partial charge in [-0.25, -0.2) is 0 Å². The van der Waals surface area contributed by atoms with Crippen LogP contribution in [0.4, 0.5) is 0 Å². The fraction of sp³-hybridized carbons (Fsp3) is 0.667. The standard InChI is InChI=1S/C21H33N3O.2ClH/c22-20(15-18-9-4-3-5-10-18)21(25)24-14-8-11-19(17-24)16-23-12-6-1-2-7-13-23;;/h3-5,9-10,19-20H,1-2,6-8,11-17,22H2;2*1H. The lowest BCUT2D eigenvalue weighted by molar-refractivity contribution is -0.134. The van der Waals surface area contributed by atoms with Gasteiger partial charge >= 0.3 is 0 Å². The average Bonchev–Trinajstić information content (AvgIpc) is 2.91. The maximum atomic E-state index is 12.8. The second-order valence-corrected chi connectivity index (χ2v) is 7.80. The monoisotopic (exact) mass is 415 g/mol. The summed E-state index contributed by atoms with van der Waals surface area (Å²) in [6.07, 6.45) is 8.40. The largest absolute Gasteiger partial charge is 0.341 e. The van der Waals surface area contributed by atoms with E-state index in [1.165, 1.54) is 45.2 Å². The van der Waals surface area contributed by atoms with Gasteiger partial charge in [0.15, 0.2) is 0 Å². The summed E-state index contributed by atoms with van der Waals surface area (Å²) in [5.74, 6) is 0.740. The van der Waals surface area contributed by atoms with Crippen LogP contribution in [0.1, 0.15) is 44.1 Å². The molecule has 2 heterocycles. The molecule has 27 heavy (non-hydrogen) atoms. The molecule has 2 atom stereocenters. The molecule has 1 aromatic rings. The predicted octanol–water partition coefficient (Wildman–Crippen LogP) is 3.51. The molecular formula is C21H35Cl2N3O. The second-order valence-electron chi connectivity index (χ2n) is 7.80. The number of piperidine rings is 1. The van der Waals surface area contributed by atoms with Crippen LogP contribution in [0.2, 0.25) is 0 Å². The van der Waals surface area contributed by atoms with E-state index >= 15 is 0 Å². The number of hydrogen-bond acceptors (Lipinski definition) is 3. The van der Waals surface area contributed by atoms with Gasteiger partial charge in [0.1, 0.15) is 0 Å².